The highest BCUT2D eigenvalue weighted by Gasteiger charge is 2.35. The Morgan fingerprint density at radius 2 is 1.66 bits per heavy atom. The quantitative estimate of drug-likeness (QED) is 0.618. The third-order valence-corrected chi connectivity index (χ3v) is 6.38. The molecule has 2 heterocycles. The minimum absolute atomic E-state index is 0.0324. The van der Waals surface area contributed by atoms with E-state index in [1.807, 2.05) is 20.8 Å². The number of amides is 4. The lowest BCUT2D eigenvalue weighted by molar-refractivity contribution is -0.126. The van der Waals surface area contributed by atoms with Gasteiger partial charge >= 0.3 is 0 Å². The standard InChI is InChI=1S/C27H31N3O5/c1-4-35-23-10-9-18(16-30-26(33)20-7-5-6-8-21(20)27(30)34)15-22(23)25(32)29-13-11-19(12-14-29)24(31)28-17(2)3/h5-10,15,17,19H,4,11-14,16H2,1-3H3,(H,28,31). The second kappa shape index (κ2) is 10.3. The molecule has 1 fully saturated rings. The maximum absolute atomic E-state index is 13.4. The number of nitrogens with one attached hydrogen (secondary N) is 1. The first-order valence-corrected chi connectivity index (χ1v) is 12.1. The summed E-state index contributed by atoms with van der Waals surface area (Å²) in [6, 6.07) is 12.0. The molecule has 2 aliphatic heterocycles. The van der Waals surface area contributed by atoms with Crippen molar-refractivity contribution >= 4 is 23.6 Å². The van der Waals surface area contributed by atoms with Crippen LogP contribution in [0.5, 0.6) is 5.75 Å². The van der Waals surface area contributed by atoms with Crippen molar-refractivity contribution in [3.63, 3.8) is 0 Å². The second-order valence-corrected chi connectivity index (χ2v) is 9.24. The Kier molecular flexibility index (Phi) is 7.19. The lowest BCUT2D eigenvalue weighted by Crippen LogP contribution is -2.44. The first kappa shape index (κ1) is 24.4. The Morgan fingerprint density at radius 3 is 2.23 bits per heavy atom. The third-order valence-electron chi connectivity index (χ3n) is 6.38. The Bertz CT molecular complexity index is 1120. The Hall–Kier alpha value is -3.68. The van der Waals surface area contributed by atoms with Crippen LogP contribution in [0.4, 0.5) is 0 Å². The van der Waals surface area contributed by atoms with E-state index in [9.17, 15) is 19.2 Å². The predicted octanol–water partition coefficient (Wildman–Crippen LogP) is 3.26. The summed E-state index contributed by atoms with van der Waals surface area (Å²) < 4.78 is 5.71. The predicted molar refractivity (Wildman–Crippen MR) is 130 cm³/mol. The molecule has 0 unspecified atom stereocenters. The number of hydrogen-bond acceptors (Lipinski definition) is 5. The van der Waals surface area contributed by atoms with E-state index in [0.717, 1.165) is 0 Å². The Balaban J connectivity index is 1.50. The van der Waals surface area contributed by atoms with Gasteiger partial charge in [0.25, 0.3) is 17.7 Å². The maximum Gasteiger partial charge on any atom is 0.261 e. The minimum atomic E-state index is -0.339. The molecule has 2 aromatic carbocycles. The van der Waals surface area contributed by atoms with Crippen molar-refractivity contribution in [2.75, 3.05) is 19.7 Å². The van der Waals surface area contributed by atoms with E-state index in [4.69, 9.17) is 4.74 Å². The number of piperidine rings is 1. The van der Waals surface area contributed by atoms with Crippen LogP contribution in [0.1, 0.15) is 70.3 Å². The number of hydrogen-bond donors (Lipinski definition) is 1. The van der Waals surface area contributed by atoms with E-state index >= 15 is 0 Å². The fourth-order valence-electron chi connectivity index (χ4n) is 4.61. The number of benzene rings is 2. The van der Waals surface area contributed by atoms with Gasteiger partial charge in [-0.2, -0.15) is 0 Å². The third kappa shape index (κ3) is 5.06. The lowest BCUT2D eigenvalue weighted by atomic mass is 9.95. The van der Waals surface area contributed by atoms with Gasteiger partial charge < -0.3 is 15.0 Å². The van der Waals surface area contributed by atoms with Gasteiger partial charge in [0.2, 0.25) is 5.91 Å². The van der Waals surface area contributed by atoms with Crippen LogP contribution in [0.25, 0.3) is 0 Å². The van der Waals surface area contributed by atoms with Crippen molar-refractivity contribution in [2.45, 2.75) is 46.2 Å². The number of imide groups is 1. The average Bonchev–Trinajstić information content (AvgIpc) is 3.09. The highest BCUT2D eigenvalue weighted by molar-refractivity contribution is 6.21. The zero-order valence-electron chi connectivity index (χ0n) is 20.4. The Labute approximate surface area is 205 Å². The largest absolute Gasteiger partial charge is 0.493 e. The SMILES string of the molecule is CCOc1ccc(CN2C(=O)c3ccccc3C2=O)cc1C(=O)N1CCC(C(=O)NC(C)C)CC1. The smallest absolute Gasteiger partial charge is 0.261 e. The summed E-state index contributed by atoms with van der Waals surface area (Å²) >= 11 is 0. The molecule has 2 aromatic rings. The van der Waals surface area contributed by atoms with Crippen LogP contribution < -0.4 is 10.1 Å². The van der Waals surface area contributed by atoms with Crippen LogP contribution in [0.15, 0.2) is 42.5 Å². The van der Waals surface area contributed by atoms with Gasteiger partial charge in [-0.1, -0.05) is 18.2 Å². The number of likely N-dealkylation sites (tertiary alicyclic amines) is 1. The van der Waals surface area contributed by atoms with Crippen molar-refractivity contribution in [1.29, 1.82) is 0 Å². The van der Waals surface area contributed by atoms with Gasteiger partial charge in [0, 0.05) is 25.0 Å². The molecule has 1 N–H and O–H groups in total. The average molecular weight is 478 g/mol. The number of carbonyl (C=O) groups excluding carboxylic acids is 4. The fraction of sp³-hybridized carbons (Fsp3) is 0.407. The number of nitrogens with zero attached hydrogens (tertiary/aromatic N) is 2. The van der Waals surface area contributed by atoms with Gasteiger partial charge in [0.15, 0.2) is 0 Å². The monoisotopic (exact) mass is 477 g/mol. The van der Waals surface area contributed by atoms with E-state index in [-0.39, 0.29) is 42.1 Å². The van der Waals surface area contributed by atoms with E-state index in [1.54, 1.807) is 47.4 Å². The fourth-order valence-corrected chi connectivity index (χ4v) is 4.61. The molecule has 8 heteroatoms. The molecule has 0 atom stereocenters. The van der Waals surface area contributed by atoms with Crippen LogP contribution in [-0.2, 0) is 11.3 Å². The summed E-state index contributed by atoms with van der Waals surface area (Å²) in [4.78, 5) is 54.3. The molecule has 184 valence electrons. The molecule has 0 radical (unpaired) electrons. The molecule has 35 heavy (non-hydrogen) atoms. The topological polar surface area (TPSA) is 96.0 Å². The molecule has 0 aromatic heterocycles. The normalized spacial score (nSPS) is 16.0. The van der Waals surface area contributed by atoms with Gasteiger partial charge in [0.1, 0.15) is 5.75 Å². The summed E-state index contributed by atoms with van der Waals surface area (Å²) in [5.41, 5.74) is 1.84. The highest BCUT2D eigenvalue weighted by Crippen LogP contribution is 2.28. The summed E-state index contributed by atoms with van der Waals surface area (Å²) in [5, 5.41) is 2.95. The van der Waals surface area contributed by atoms with Crippen LogP contribution in [-0.4, -0.2) is 59.2 Å². The Morgan fingerprint density at radius 1 is 1.03 bits per heavy atom. The van der Waals surface area contributed by atoms with Crippen LogP contribution in [0.2, 0.25) is 0 Å². The second-order valence-electron chi connectivity index (χ2n) is 9.24. The van der Waals surface area contributed by atoms with Crippen molar-refractivity contribution < 1.29 is 23.9 Å². The van der Waals surface area contributed by atoms with Crippen molar-refractivity contribution in [3.05, 3.63) is 64.7 Å². The summed E-state index contributed by atoms with van der Waals surface area (Å²) in [6.45, 7) is 7.12. The number of rotatable bonds is 7. The first-order valence-electron chi connectivity index (χ1n) is 12.1. The number of fused-ring (bicyclic) bond motifs is 1. The molecule has 0 aliphatic carbocycles. The molecule has 0 bridgehead atoms. The summed E-state index contributed by atoms with van der Waals surface area (Å²) in [6.07, 6.45) is 1.20. The van der Waals surface area contributed by atoms with Gasteiger partial charge in [-0.25, -0.2) is 0 Å². The van der Waals surface area contributed by atoms with E-state index in [1.165, 1.54) is 4.90 Å². The number of carbonyl (C=O) groups is 4. The molecule has 2 aliphatic rings. The van der Waals surface area contributed by atoms with E-state index < -0.39 is 0 Å². The van der Waals surface area contributed by atoms with Crippen LogP contribution in [0, 0.1) is 5.92 Å². The molecule has 1 saturated heterocycles. The molecule has 0 spiro atoms. The number of ether oxygens (including phenoxy) is 1. The molecule has 8 nitrogen and oxygen atoms in total. The van der Waals surface area contributed by atoms with Gasteiger partial charge in [-0.05, 0) is 63.4 Å². The zero-order chi connectivity index (χ0) is 25.1. The van der Waals surface area contributed by atoms with Gasteiger partial charge in [-0.15, -0.1) is 0 Å². The lowest BCUT2D eigenvalue weighted by Gasteiger charge is -2.32. The van der Waals surface area contributed by atoms with Crippen molar-refractivity contribution in [1.82, 2.24) is 15.1 Å². The highest BCUT2D eigenvalue weighted by atomic mass is 16.5. The molecular weight excluding hydrogens is 446 g/mol. The van der Waals surface area contributed by atoms with Crippen molar-refractivity contribution in [2.24, 2.45) is 5.92 Å². The maximum atomic E-state index is 13.4. The summed E-state index contributed by atoms with van der Waals surface area (Å²) in [5.74, 6) is -0.468. The summed E-state index contributed by atoms with van der Waals surface area (Å²) in [7, 11) is 0. The minimum Gasteiger partial charge on any atom is -0.493 e. The van der Waals surface area contributed by atoms with Gasteiger partial charge in [0.05, 0.1) is 29.8 Å². The first-order chi connectivity index (χ1) is 16.8. The van der Waals surface area contributed by atoms with E-state index in [0.29, 0.717) is 60.5 Å². The zero-order valence-corrected chi connectivity index (χ0v) is 20.4. The van der Waals surface area contributed by atoms with Crippen LogP contribution >= 0.6 is 0 Å². The van der Waals surface area contributed by atoms with E-state index in [2.05, 4.69) is 5.32 Å². The van der Waals surface area contributed by atoms with Crippen LogP contribution in [0.3, 0.4) is 0 Å². The van der Waals surface area contributed by atoms with Gasteiger partial charge in [-0.3, -0.25) is 24.1 Å². The van der Waals surface area contributed by atoms with Crippen molar-refractivity contribution in [3.8, 4) is 5.75 Å². The molecule has 0 saturated carbocycles. The molecular formula is C27H31N3O5. The molecule has 4 rings (SSSR count). The molecule has 4 amide bonds.